The third-order valence-electron chi connectivity index (χ3n) is 4.62. The van der Waals surface area contributed by atoms with Crippen LogP contribution in [-0.2, 0) is 16.9 Å². The molecule has 0 radical (unpaired) electrons. The van der Waals surface area contributed by atoms with Crippen molar-refractivity contribution in [2.45, 2.75) is 39.8 Å². The Balaban J connectivity index is 0.00000512. The van der Waals surface area contributed by atoms with Gasteiger partial charge in [0, 0.05) is 17.7 Å². The van der Waals surface area contributed by atoms with E-state index in [2.05, 4.69) is 20.9 Å². The lowest BCUT2D eigenvalue weighted by Crippen LogP contribution is -2.44. The van der Waals surface area contributed by atoms with Crippen molar-refractivity contribution in [3.05, 3.63) is 58.5 Å². The first-order chi connectivity index (χ1) is 14.6. The van der Waals surface area contributed by atoms with Gasteiger partial charge in [-0.25, -0.2) is 4.99 Å². The Morgan fingerprint density at radius 1 is 1.16 bits per heavy atom. The molecule has 0 saturated heterocycles. The average Bonchev–Trinajstić information content (AvgIpc) is 3.07. The van der Waals surface area contributed by atoms with Gasteiger partial charge < -0.3 is 31.2 Å². The maximum Gasteiger partial charge on any atom is 0.251 e. The summed E-state index contributed by atoms with van der Waals surface area (Å²) in [7, 11) is 0. The highest BCUT2D eigenvalue weighted by Gasteiger charge is 2.27. The second kappa shape index (κ2) is 12.4. The van der Waals surface area contributed by atoms with Gasteiger partial charge in [0.05, 0.1) is 19.6 Å². The van der Waals surface area contributed by atoms with Crippen LogP contribution in [0.2, 0.25) is 0 Å². The zero-order valence-corrected chi connectivity index (χ0v) is 21.2. The first-order valence-corrected chi connectivity index (χ1v) is 10.1. The van der Waals surface area contributed by atoms with Crippen LogP contribution in [0.25, 0.3) is 0 Å². The van der Waals surface area contributed by atoms with E-state index in [1.165, 1.54) is 0 Å². The Morgan fingerprint density at radius 3 is 2.34 bits per heavy atom. The molecule has 176 valence electrons. The maximum absolute atomic E-state index is 11.9. The monoisotopic (exact) mass is 557 g/mol. The summed E-state index contributed by atoms with van der Waals surface area (Å²) in [6, 6.07) is 8.74. The van der Waals surface area contributed by atoms with Gasteiger partial charge in [-0.05, 0) is 51.5 Å². The van der Waals surface area contributed by atoms with E-state index in [4.69, 9.17) is 10.2 Å². The van der Waals surface area contributed by atoms with E-state index in [0.717, 1.165) is 16.9 Å². The van der Waals surface area contributed by atoms with Gasteiger partial charge in [0.2, 0.25) is 5.91 Å². The fraction of sp³-hybridized carbons (Fsp3) is 0.409. The van der Waals surface area contributed by atoms with E-state index in [1.54, 1.807) is 31.2 Å². The fourth-order valence-electron chi connectivity index (χ4n) is 3.06. The van der Waals surface area contributed by atoms with Gasteiger partial charge in [-0.15, -0.1) is 24.0 Å². The molecular weight excluding hydrogens is 525 g/mol. The molecule has 0 aliphatic heterocycles. The molecule has 0 aliphatic rings. The summed E-state index contributed by atoms with van der Waals surface area (Å²) in [5.41, 5.74) is 5.97. The van der Waals surface area contributed by atoms with Crippen molar-refractivity contribution < 1.29 is 19.1 Å². The average molecular weight is 557 g/mol. The minimum atomic E-state index is -1.13. The van der Waals surface area contributed by atoms with Crippen molar-refractivity contribution in [1.29, 1.82) is 0 Å². The number of carbonyl (C=O) groups excluding carboxylic acids is 2. The number of nitrogens with zero attached hydrogens (tertiary/aromatic N) is 1. The lowest BCUT2D eigenvalue weighted by Gasteiger charge is -2.24. The van der Waals surface area contributed by atoms with E-state index in [9.17, 15) is 14.7 Å². The molecule has 1 heterocycles. The van der Waals surface area contributed by atoms with Gasteiger partial charge in [0.25, 0.3) is 5.91 Å². The molecule has 1 aromatic heterocycles. The largest absolute Gasteiger partial charge is 0.466 e. The van der Waals surface area contributed by atoms with Gasteiger partial charge in [-0.3, -0.25) is 9.59 Å². The molecule has 1 aromatic carbocycles. The van der Waals surface area contributed by atoms with Gasteiger partial charge in [-0.2, -0.15) is 0 Å². The molecule has 10 heteroatoms. The van der Waals surface area contributed by atoms with Crippen LogP contribution < -0.4 is 21.7 Å². The first kappa shape index (κ1) is 27.4. The number of rotatable bonds is 9. The van der Waals surface area contributed by atoms with Crippen LogP contribution in [0.1, 0.15) is 46.9 Å². The van der Waals surface area contributed by atoms with E-state index < -0.39 is 11.5 Å². The van der Waals surface area contributed by atoms with Crippen molar-refractivity contribution in [2.24, 2.45) is 10.7 Å². The number of aryl methyl sites for hydroxylation is 2. The summed E-state index contributed by atoms with van der Waals surface area (Å²) in [5.74, 6) is 1.03. The Hall–Kier alpha value is -2.60. The van der Waals surface area contributed by atoms with E-state index in [1.807, 2.05) is 26.8 Å². The molecule has 0 spiro atoms. The molecule has 2 aromatic rings. The van der Waals surface area contributed by atoms with Crippen LogP contribution in [0.5, 0.6) is 0 Å². The number of halogens is 1. The van der Waals surface area contributed by atoms with Crippen molar-refractivity contribution in [1.82, 2.24) is 16.0 Å². The SMILES string of the molecule is CCNC(=NCc1ccc(C(=O)NCC(N)=O)cc1)NCC(C)(O)c1cc(C)oc1C.I. The first-order valence-electron chi connectivity index (χ1n) is 10.1. The molecule has 2 rings (SSSR count). The predicted molar refractivity (Wildman–Crippen MR) is 134 cm³/mol. The van der Waals surface area contributed by atoms with Crippen molar-refractivity contribution in [3.8, 4) is 0 Å². The summed E-state index contributed by atoms with van der Waals surface area (Å²) in [6.07, 6.45) is 0. The lowest BCUT2D eigenvalue weighted by atomic mass is 9.96. The summed E-state index contributed by atoms with van der Waals surface area (Å²) >= 11 is 0. The van der Waals surface area contributed by atoms with Gasteiger partial charge in [0.15, 0.2) is 5.96 Å². The van der Waals surface area contributed by atoms with Crippen LogP contribution in [0.3, 0.4) is 0 Å². The zero-order valence-electron chi connectivity index (χ0n) is 18.8. The van der Waals surface area contributed by atoms with Crippen LogP contribution in [-0.4, -0.2) is 42.5 Å². The number of nitrogens with two attached hydrogens (primary N) is 1. The molecule has 2 amide bonds. The molecule has 0 bridgehead atoms. The minimum Gasteiger partial charge on any atom is -0.466 e. The number of aliphatic imine (C=N–C) groups is 1. The Labute approximate surface area is 205 Å². The molecule has 1 unspecified atom stereocenters. The van der Waals surface area contributed by atoms with Crippen LogP contribution in [0, 0.1) is 13.8 Å². The minimum absolute atomic E-state index is 0. The zero-order chi connectivity index (χ0) is 23.0. The fourth-order valence-corrected chi connectivity index (χ4v) is 3.06. The quantitative estimate of drug-likeness (QED) is 0.181. The highest BCUT2D eigenvalue weighted by molar-refractivity contribution is 14.0. The van der Waals surface area contributed by atoms with Gasteiger partial charge >= 0.3 is 0 Å². The van der Waals surface area contributed by atoms with E-state index in [0.29, 0.717) is 30.4 Å². The second-order valence-electron chi connectivity index (χ2n) is 7.50. The standard InChI is InChI=1S/C22H31N5O4.HI/c1-5-24-21(27-13-22(4,30)18-10-14(2)31-15(18)3)26-11-16-6-8-17(9-7-16)20(29)25-12-19(23)28;/h6-10,30H,5,11-13H2,1-4H3,(H2,23,28)(H,25,29)(H2,24,26,27);1H. The molecule has 0 saturated carbocycles. The smallest absolute Gasteiger partial charge is 0.251 e. The molecule has 6 N–H and O–H groups in total. The van der Waals surface area contributed by atoms with Crippen LogP contribution >= 0.6 is 24.0 Å². The second-order valence-corrected chi connectivity index (χ2v) is 7.50. The summed E-state index contributed by atoms with van der Waals surface area (Å²) < 4.78 is 5.53. The molecule has 9 nitrogen and oxygen atoms in total. The summed E-state index contributed by atoms with van der Waals surface area (Å²) in [4.78, 5) is 27.2. The topological polar surface area (TPSA) is 142 Å². The number of primary amides is 1. The number of guanidine groups is 1. The molecule has 0 aliphatic carbocycles. The number of benzene rings is 1. The Morgan fingerprint density at radius 2 is 1.81 bits per heavy atom. The van der Waals surface area contributed by atoms with Gasteiger partial charge in [-0.1, -0.05) is 12.1 Å². The number of hydrogen-bond donors (Lipinski definition) is 5. The van der Waals surface area contributed by atoms with Gasteiger partial charge in [0.1, 0.15) is 17.1 Å². The van der Waals surface area contributed by atoms with E-state index in [-0.39, 0.29) is 43.0 Å². The van der Waals surface area contributed by atoms with E-state index >= 15 is 0 Å². The third-order valence-corrected chi connectivity index (χ3v) is 4.62. The number of furan rings is 1. The van der Waals surface area contributed by atoms with Crippen molar-refractivity contribution in [2.75, 3.05) is 19.6 Å². The van der Waals surface area contributed by atoms with Crippen LogP contribution in [0.4, 0.5) is 0 Å². The molecule has 32 heavy (non-hydrogen) atoms. The van der Waals surface area contributed by atoms with Crippen molar-refractivity contribution >= 4 is 41.8 Å². The third kappa shape index (κ3) is 8.15. The van der Waals surface area contributed by atoms with Crippen molar-refractivity contribution in [3.63, 3.8) is 0 Å². The number of carbonyl (C=O) groups is 2. The Kier molecular flexibility index (Phi) is 10.7. The highest BCUT2D eigenvalue weighted by atomic mass is 127. The highest BCUT2D eigenvalue weighted by Crippen LogP contribution is 2.26. The predicted octanol–water partition coefficient (Wildman–Crippen LogP) is 1.69. The molecule has 1 atom stereocenters. The number of nitrogens with one attached hydrogen (secondary N) is 3. The Bertz CT molecular complexity index is 938. The lowest BCUT2D eigenvalue weighted by molar-refractivity contribution is -0.117. The molecule has 0 fully saturated rings. The normalized spacial score (nSPS) is 13.0. The van der Waals surface area contributed by atoms with Crippen LogP contribution in [0.15, 0.2) is 39.7 Å². The number of hydrogen-bond acceptors (Lipinski definition) is 5. The maximum atomic E-state index is 11.9. The summed E-state index contributed by atoms with van der Waals surface area (Å²) in [5, 5.41) is 19.6. The summed E-state index contributed by atoms with van der Waals surface area (Å²) in [6.45, 7) is 8.44. The number of amides is 2. The number of aliphatic hydroxyl groups is 1. The molecular formula is C22H32IN5O4.